The summed E-state index contributed by atoms with van der Waals surface area (Å²) in [6.07, 6.45) is 6.48. The molecule has 0 radical (unpaired) electrons. The molecule has 0 unspecified atom stereocenters. The van der Waals surface area contributed by atoms with Crippen LogP contribution in [-0.2, 0) is 35.6 Å². The minimum absolute atomic E-state index is 0.00756. The van der Waals surface area contributed by atoms with Crippen molar-refractivity contribution in [3.8, 4) is 28.6 Å². The topological polar surface area (TPSA) is 184 Å². The number of piperidine rings is 1. The summed E-state index contributed by atoms with van der Waals surface area (Å²) in [5.74, 6) is 2.08. The molecule has 0 saturated carbocycles. The number of aromatic hydroxyl groups is 2. The zero-order chi connectivity index (χ0) is 39.6. The summed E-state index contributed by atoms with van der Waals surface area (Å²) in [6, 6.07) is 8.79. The number of amides is 2. The highest BCUT2D eigenvalue weighted by molar-refractivity contribution is 5.97. The van der Waals surface area contributed by atoms with E-state index in [2.05, 4.69) is 19.8 Å². The predicted octanol–water partition coefficient (Wildman–Crippen LogP) is 4.11. The van der Waals surface area contributed by atoms with Gasteiger partial charge in [0.25, 0.3) is 5.91 Å². The van der Waals surface area contributed by atoms with Crippen molar-refractivity contribution in [3.63, 3.8) is 0 Å². The molecule has 0 bridgehead atoms. The Kier molecular flexibility index (Phi) is 11.1. The molecule has 2 amide bonds. The van der Waals surface area contributed by atoms with Gasteiger partial charge in [0.1, 0.15) is 23.1 Å². The van der Waals surface area contributed by atoms with Gasteiger partial charge in [-0.25, -0.2) is 19.9 Å². The van der Waals surface area contributed by atoms with Gasteiger partial charge in [0, 0.05) is 69.2 Å². The van der Waals surface area contributed by atoms with Crippen LogP contribution < -0.4 is 15.4 Å². The van der Waals surface area contributed by atoms with E-state index in [9.17, 15) is 19.8 Å². The second-order valence-corrected chi connectivity index (χ2v) is 15.7. The number of hydrogen-bond donors (Lipinski definition) is 3. The van der Waals surface area contributed by atoms with Crippen LogP contribution in [-0.4, -0.2) is 116 Å². The number of morpholine rings is 1. The van der Waals surface area contributed by atoms with Gasteiger partial charge in [-0.3, -0.25) is 9.59 Å². The van der Waals surface area contributed by atoms with Crippen LogP contribution in [0.4, 0.5) is 11.8 Å². The van der Waals surface area contributed by atoms with Gasteiger partial charge in [-0.05, 0) is 79.6 Å². The van der Waals surface area contributed by atoms with Crippen LogP contribution in [0.2, 0.25) is 0 Å². The van der Waals surface area contributed by atoms with E-state index >= 15 is 0 Å². The molecule has 6 heterocycles. The lowest BCUT2D eigenvalue weighted by molar-refractivity contribution is -0.138. The van der Waals surface area contributed by atoms with Crippen LogP contribution in [0.5, 0.6) is 17.2 Å². The summed E-state index contributed by atoms with van der Waals surface area (Å²) in [7, 11) is 0. The van der Waals surface area contributed by atoms with Crippen molar-refractivity contribution in [1.82, 2.24) is 34.6 Å². The summed E-state index contributed by atoms with van der Waals surface area (Å²) in [6.45, 7) is 11.8. The number of ether oxygens (including phenoxy) is 2. The first-order valence-corrected chi connectivity index (χ1v) is 20.0. The first-order chi connectivity index (χ1) is 27.6. The lowest BCUT2D eigenvalue weighted by Gasteiger charge is -2.37. The zero-order valence-electron chi connectivity index (χ0n) is 32.7. The molecule has 8 rings (SSSR count). The van der Waals surface area contributed by atoms with Crippen molar-refractivity contribution in [3.05, 3.63) is 76.2 Å². The smallest absolute Gasteiger partial charge is 0.258 e. The summed E-state index contributed by atoms with van der Waals surface area (Å²) >= 11 is 0. The molecule has 15 nitrogen and oxygen atoms in total. The summed E-state index contributed by atoms with van der Waals surface area (Å²) in [5, 5.41) is 20.7. The monoisotopic (exact) mass is 777 g/mol. The van der Waals surface area contributed by atoms with E-state index in [-0.39, 0.29) is 46.7 Å². The molecule has 4 aliphatic heterocycles. The molecule has 2 saturated heterocycles. The molecule has 15 heteroatoms. The summed E-state index contributed by atoms with van der Waals surface area (Å²) in [5.41, 5.74) is 11.3. The zero-order valence-corrected chi connectivity index (χ0v) is 32.7. The molecule has 4 N–H and O–H groups in total. The molecule has 300 valence electrons. The van der Waals surface area contributed by atoms with Crippen molar-refractivity contribution in [2.75, 3.05) is 69.7 Å². The third-order valence-corrected chi connectivity index (χ3v) is 11.6. The van der Waals surface area contributed by atoms with Crippen LogP contribution >= 0.6 is 0 Å². The molecule has 57 heavy (non-hydrogen) atoms. The third kappa shape index (κ3) is 8.30. The van der Waals surface area contributed by atoms with E-state index in [1.54, 1.807) is 23.4 Å². The maximum Gasteiger partial charge on any atom is 0.258 e. The molecule has 4 aromatic rings. The maximum atomic E-state index is 13.9. The molecule has 2 aromatic carbocycles. The molecule has 0 spiro atoms. The van der Waals surface area contributed by atoms with Crippen molar-refractivity contribution in [2.45, 2.75) is 65.1 Å². The average Bonchev–Trinajstić information content (AvgIpc) is 3.66. The van der Waals surface area contributed by atoms with Gasteiger partial charge in [0.05, 0.1) is 43.2 Å². The van der Waals surface area contributed by atoms with Crippen LogP contribution in [0.3, 0.4) is 0 Å². The molecule has 0 atom stereocenters. The number of likely N-dealkylation sites (tertiary alicyclic amines) is 1. The van der Waals surface area contributed by atoms with Crippen LogP contribution in [0.25, 0.3) is 11.4 Å². The number of phenols is 2. The highest BCUT2D eigenvalue weighted by Gasteiger charge is 2.33. The van der Waals surface area contributed by atoms with E-state index in [0.717, 1.165) is 85.9 Å². The Hall–Kier alpha value is -5.54. The first kappa shape index (κ1) is 38.3. The second-order valence-electron chi connectivity index (χ2n) is 15.7. The fourth-order valence-electron chi connectivity index (χ4n) is 8.36. The number of carbonyl (C=O) groups excluding carboxylic acids is 2. The minimum atomic E-state index is -0.271. The van der Waals surface area contributed by atoms with Gasteiger partial charge in [0.15, 0.2) is 5.82 Å². The van der Waals surface area contributed by atoms with E-state index in [1.807, 2.05) is 36.9 Å². The largest absolute Gasteiger partial charge is 0.508 e. The second kappa shape index (κ2) is 16.5. The number of anilines is 2. The molecular formula is C42H51N9O6. The Balaban J connectivity index is 0.811. The van der Waals surface area contributed by atoms with Gasteiger partial charge in [-0.1, -0.05) is 19.9 Å². The number of phenolic OH excluding ortho intramolecular Hbond substituents is 2. The fraction of sp³-hybridized carbons (Fsp3) is 0.476. The number of nitrogens with zero attached hydrogens (tertiary/aromatic N) is 8. The summed E-state index contributed by atoms with van der Waals surface area (Å²) < 4.78 is 11.7. The Labute approximate surface area is 332 Å². The molecule has 2 aromatic heterocycles. The van der Waals surface area contributed by atoms with E-state index in [1.165, 1.54) is 6.07 Å². The quantitative estimate of drug-likeness (QED) is 0.196. The molecule has 4 aliphatic rings. The van der Waals surface area contributed by atoms with Crippen molar-refractivity contribution >= 4 is 23.6 Å². The fourth-order valence-corrected chi connectivity index (χ4v) is 8.36. The number of nitrogens with two attached hydrogens (primary N) is 1. The SMILES string of the molecule is CC(C)c1cc(C(=O)N2Cc3ccc(OCCCN4CCC(C(=O)N5CCc6c(nc(-c7cnc(N)nc7)nc6N6CCOCC6)C5)CC4)cc3C2)c(O)cc1O. The molecule has 0 aliphatic carbocycles. The number of nitrogen functional groups attached to an aromatic ring is 1. The lowest BCUT2D eigenvalue weighted by Crippen LogP contribution is -2.45. The van der Waals surface area contributed by atoms with Crippen molar-refractivity contribution in [2.24, 2.45) is 5.92 Å². The number of aromatic nitrogens is 4. The highest BCUT2D eigenvalue weighted by atomic mass is 16.5. The Morgan fingerprint density at radius 1 is 0.912 bits per heavy atom. The Morgan fingerprint density at radius 3 is 2.42 bits per heavy atom. The number of rotatable bonds is 10. The third-order valence-electron chi connectivity index (χ3n) is 11.6. The first-order valence-electron chi connectivity index (χ1n) is 20.0. The van der Waals surface area contributed by atoms with Gasteiger partial charge in [-0.2, -0.15) is 0 Å². The normalized spacial score (nSPS) is 17.5. The maximum absolute atomic E-state index is 13.9. The minimum Gasteiger partial charge on any atom is -0.508 e. The van der Waals surface area contributed by atoms with Crippen LogP contribution in [0.15, 0.2) is 42.7 Å². The highest BCUT2D eigenvalue weighted by Crippen LogP contribution is 2.36. The van der Waals surface area contributed by atoms with Crippen LogP contribution in [0.1, 0.15) is 77.3 Å². The molecular weight excluding hydrogens is 727 g/mol. The Morgan fingerprint density at radius 2 is 1.67 bits per heavy atom. The van der Waals surface area contributed by atoms with E-state index in [4.69, 9.17) is 25.2 Å². The van der Waals surface area contributed by atoms with E-state index < -0.39 is 0 Å². The van der Waals surface area contributed by atoms with Crippen LogP contribution in [0, 0.1) is 5.92 Å². The van der Waals surface area contributed by atoms with Gasteiger partial charge < -0.3 is 45.0 Å². The average molecular weight is 778 g/mol. The van der Waals surface area contributed by atoms with Crippen molar-refractivity contribution < 1.29 is 29.3 Å². The number of fused-ring (bicyclic) bond motifs is 2. The number of carbonyl (C=O) groups is 2. The van der Waals surface area contributed by atoms with Crippen molar-refractivity contribution in [1.29, 1.82) is 0 Å². The molecule has 2 fully saturated rings. The van der Waals surface area contributed by atoms with E-state index in [0.29, 0.717) is 69.4 Å². The van der Waals surface area contributed by atoms with Gasteiger partial charge >= 0.3 is 0 Å². The number of hydrogen-bond acceptors (Lipinski definition) is 13. The number of benzene rings is 2. The van der Waals surface area contributed by atoms with Gasteiger partial charge in [0.2, 0.25) is 11.9 Å². The predicted molar refractivity (Wildman–Crippen MR) is 213 cm³/mol. The Bertz CT molecular complexity index is 2120. The lowest BCUT2D eigenvalue weighted by atomic mass is 9.93. The van der Waals surface area contributed by atoms with Gasteiger partial charge in [-0.15, -0.1) is 0 Å². The standard InChI is InChI=1S/C42H51N9O6/c1-26(2)33-19-34(37(53)20-36(33)52)41(55)51-23-28-4-5-31(18-29(28)24-51)57-15-3-9-48-10-6-27(7-11-48)40(54)50-12-8-32-35(25-50)46-38(30-21-44-42(43)45-22-30)47-39(32)49-13-16-56-17-14-49/h4-5,18-22,26-27,52-53H,3,6-17,23-25H2,1-2H3,(H2,43,44,45). The summed E-state index contributed by atoms with van der Waals surface area (Å²) in [4.78, 5) is 53.8.